The molecule has 0 fully saturated rings. The van der Waals surface area contributed by atoms with E-state index >= 15 is 0 Å². The molecule has 0 aliphatic carbocycles. The van der Waals surface area contributed by atoms with E-state index in [2.05, 4.69) is 62.5 Å². The molecule has 0 saturated carbocycles. The normalized spacial score (nSPS) is 13.6. The molecule has 3 N–H and O–H groups in total. The van der Waals surface area contributed by atoms with E-state index in [4.69, 9.17) is 4.74 Å². The number of amides is 1. The van der Waals surface area contributed by atoms with E-state index in [9.17, 15) is 19.8 Å². The Kier molecular flexibility index (Phi) is 43.6. The number of rotatable bonds is 44. The summed E-state index contributed by atoms with van der Waals surface area (Å²) in [5.74, 6) is -0.503. The van der Waals surface area contributed by atoms with Gasteiger partial charge in [-0.25, -0.2) is 0 Å². The number of nitrogens with one attached hydrogen (secondary N) is 1. The average Bonchev–Trinajstić information content (AvgIpc) is 3.20. The van der Waals surface area contributed by atoms with Gasteiger partial charge < -0.3 is 20.3 Å². The second kappa shape index (κ2) is 45.2. The predicted octanol–water partition coefficient (Wildman–Crippen LogP) is 14.5. The summed E-state index contributed by atoms with van der Waals surface area (Å²) in [7, 11) is 0. The third-order valence-electron chi connectivity index (χ3n) is 11.3. The van der Waals surface area contributed by atoms with Crippen molar-refractivity contribution in [3.63, 3.8) is 0 Å². The summed E-state index contributed by atoms with van der Waals surface area (Å²) < 4.78 is 5.89. The first-order chi connectivity index (χ1) is 28.0. The summed E-state index contributed by atoms with van der Waals surface area (Å²) in [5.41, 5.74) is 0. The molecule has 0 bridgehead atoms. The summed E-state index contributed by atoms with van der Waals surface area (Å²) in [4.78, 5) is 26.0. The van der Waals surface area contributed by atoms with Crippen molar-refractivity contribution in [2.45, 2.75) is 270 Å². The Morgan fingerprint density at radius 3 is 1.35 bits per heavy atom. The summed E-state index contributed by atoms with van der Waals surface area (Å²) in [5, 5.41) is 23.7. The molecule has 0 aliphatic heterocycles. The quantitative estimate of drug-likeness (QED) is 0.0324. The maximum absolute atomic E-state index is 13.2. The van der Waals surface area contributed by atoms with E-state index in [1.54, 1.807) is 0 Å². The van der Waals surface area contributed by atoms with Crippen LogP contribution in [-0.2, 0) is 14.3 Å². The lowest BCUT2D eigenvalue weighted by Crippen LogP contribution is -2.46. The van der Waals surface area contributed by atoms with Gasteiger partial charge >= 0.3 is 5.97 Å². The third-order valence-corrected chi connectivity index (χ3v) is 11.3. The van der Waals surface area contributed by atoms with Crippen LogP contribution in [0.4, 0.5) is 0 Å². The summed E-state index contributed by atoms with van der Waals surface area (Å²) in [6.07, 6.45) is 52.0. The zero-order valence-electron chi connectivity index (χ0n) is 38.0. The number of aliphatic hydroxyl groups is 2. The fourth-order valence-corrected chi connectivity index (χ4v) is 7.49. The molecule has 6 nitrogen and oxygen atoms in total. The Hall–Kier alpha value is -1.92. The number of carbonyl (C=O) groups is 2. The second-order valence-electron chi connectivity index (χ2n) is 16.9. The zero-order valence-corrected chi connectivity index (χ0v) is 38.0. The van der Waals surface area contributed by atoms with Gasteiger partial charge in [0.2, 0.25) is 5.91 Å². The van der Waals surface area contributed by atoms with Gasteiger partial charge in [0.15, 0.2) is 0 Å². The van der Waals surface area contributed by atoms with Crippen molar-refractivity contribution < 1.29 is 24.5 Å². The topological polar surface area (TPSA) is 95.9 Å². The highest BCUT2D eigenvalue weighted by atomic mass is 16.5. The monoisotopic (exact) mass is 802 g/mol. The number of esters is 1. The maximum Gasteiger partial charge on any atom is 0.306 e. The van der Waals surface area contributed by atoms with Gasteiger partial charge in [-0.3, -0.25) is 9.59 Å². The molecule has 1 amide bonds. The first kappa shape index (κ1) is 55.1. The van der Waals surface area contributed by atoms with E-state index < -0.39 is 18.2 Å². The van der Waals surface area contributed by atoms with Crippen molar-refractivity contribution in [3.8, 4) is 0 Å². The Bertz CT molecular complexity index is 946. The second-order valence-corrected chi connectivity index (χ2v) is 16.9. The number of ether oxygens (including phenoxy) is 1. The molecule has 0 aromatic rings. The lowest BCUT2D eigenvalue weighted by Gasteiger charge is -2.24. The molecule has 0 spiro atoms. The largest absolute Gasteiger partial charge is 0.462 e. The minimum Gasteiger partial charge on any atom is -0.462 e. The lowest BCUT2D eigenvalue weighted by molar-refractivity contribution is -0.151. The van der Waals surface area contributed by atoms with Crippen LogP contribution in [0.2, 0.25) is 0 Å². The van der Waals surface area contributed by atoms with E-state index in [1.807, 2.05) is 0 Å². The minimum atomic E-state index is -0.793. The highest BCUT2D eigenvalue weighted by Gasteiger charge is 2.24. The van der Waals surface area contributed by atoms with Crippen LogP contribution in [0.1, 0.15) is 252 Å². The summed E-state index contributed by atoms with van der Waals surface area (Å²) in [6, 6.07) is -0.708. The smallest absolute Gasteiger partial charge is 0.306 e. The van der Waals surface area contributed by atoms with Crippen LogP contribution in [0.25, 0.3) is 0 Å². The van der Waals surface area contributed by atoms with Gasteiger partial charge in [0.05, 0.1) is 25.2 Å². The van der Waals surface area contributed by atoms with Crippen LogP contribution in [0.15, 0.2) is 36.5 Å². The molecule has 0 rings (SSSR count). The molecule has 0 radical (unpaired) electrons. The number of unbranched alkanes of at least 4 members (excludes halogenated alkanes) is 28. The fourth-order valence-electron chi connectivity index (χ4n) is 7.49. The molecule has 6 heteroatoms. The molecule has 57 heavy (non-hydrogen) atoms. The zero-order chi connectivity index (χ0) is 41.7. The predicted molar refractivity (Wildman–Crippen MR) is 246 cm³/mol. The molecule has 0 heterocycles. The lowest BCUT2D eigenvalue weighted by atomic mass is 10.0. The molecular formula is C51H95NO5. The molecule has 3 atom stereocenters. The van der Waals surface area contributed by atoms with Gasteiger partial charge in [-0.2, -0.15) is 0 Å². The number of carbonyl (C=O) groups excluding carboxylic acids is 2. The average molecular weight is 802 g/mol. The van der Waals surface area contributed by atoms with Crippen molar-refractivity contribution in [3.05, 3.63) is 36.5 Å². The van der Waals surface area contributed by atoms with Gasteiger partial charge in [-0.15, -0.1) is 0 Å². The Labute approximate surface area is 353 Å². The van der Waals surface area contributed by atoms with Crippen LogP contribution in [0, 0.1) is 0 Å². The first-order valence-corrected chi connectivity index (χ1v) is 24.7. The summed E-state index contributed by atoms with van der Waals surface area (Å²) >= 11 is 0. The highest BCUT2D eigenvalue weighted by molar-refractivity contribution is 5.77. The van der Waals surface area contributed by atoms with Crippen LogP contribution < -0.4 is 5.32 Å². The first-order valence-electron chi connectivity index (χ1n) is 24.7. The van der Waals surface area contributed by atoms with Crippen molar-refractivity contribution in [2.75, 3.05) is 6.61 Å². The van der Waals surface area contributed by atoms with Gasteiger partial charge in [0.25, 0.3) is 0 Å². The highest BCUT2D eigenvalue weighted by Crippen LogP contribution is 2.17. The van der Waals surface area contributed by atoms with Gasteiger partial charge in [-0.1, -0.05) is 224 Å². The van der Waals surface area contributed by atoms with Crippen LogP contribution in [-0.4, -0.2) is 46.9 Å². The Morgan fingerprint density at radius 1 is 0.509 bits per heavy atom. The van der Waals surface area contributed by atoms with E-state index in [1.165, 1.54) is 135 Å². The fraction of sp³-hybridized carbons (Fsp3) is 0.843. The van der Waals surface area contributed by atoms with E-state index in [0.29, 0.717) is 19.3 Å². The molecule has 0 saturated heterocycles. The molecule has 0 aromatic heterocycles. The van der Waals surface area contributed by atoms with E-state index in [-0.39, 0.29) is 24.9 Å². The van der Waals surface area contributed by atoms with Crippen molar-refractivity contribution in [1.29, 1.82) is 0 Å². The molecule has 334 valence electrons. The van der Waals surface area contributed by atoms with Crippen molar-refractivity contribution in [2.24, 2.45) is 0 Å². The van der Waals surface area contributed by atoms with Crippen LogP contribution >= 0.6 is 0 Å². The molecule has 3 unspecified atom stereocenters. The standard InChI is InChI=1S/C51H95NO5/c1-4-7-10-13-16-19-21-23-24-25-27-28-31-33-36-39-42-47(57-51(56)44-41-38-35-30-18-15-12-9-6-3)45-50(55)52-48(46-53)49(54)43-40-37-34-32-29-26-22-20-17-14-11-8-5-2/h21,23-25,27-28,47-49,53-54H,4-20,22,26,29-46H2,1-3H3,(H,52,55)/b23-21+,25-24+,28-27+. The molecule has 0 aliphatic rings. The summed E-state index contributed by atoms with van der Waals surface area (Å²) in [6.45, 7) is 6.44. The Morgan fingerprint density at radius 2 is 0.895 bits per heavy atom. The van der Waals surface area contributed by atoms with E-state index in [0.717, 1.165) is 70.6 Å². The van der Waals surface area contributed by atoms with Crippen LogP contribution in [0.3, 0.4) is 0 Å². The minimum absolute atomic E-state index is 0.0580. The third kappa shape index (κ3) is 40.6. The number of aliphatic hydroxyl groups excluding tert-OH is 2. The molecule has 0 aromatic carbocycles. The van der Waals surface area contributed by atoms with Crippen molar-refractivity contribution >= 4 is 11.9 Å². The number of allylic oxidation sites excluding steroid dienone is 6. The van der Waals surface area contributed by atoms with Gasteiger partial charge in [0, 0.05) is 6.42 Å². The maximum atomic E-state index is 13.2. The van der Waals surface area contributed by atoms with Crippen LogP contribution in [0.5, 0.6) is 0 Å². The number of hydrogen-bond donors (Lipinski definition) is 3. The van der Waals surface area contributed by atoms with Crippen molar-refractivity contribution in [1.82, 2.24) is 5.32 Å². The van der Waals surface area contributed by atoms with Gasteiger partial charge in [0.1, 0.15) is 6.10 Å². The number of hydrogen-bond acceptors (Lipinski definition) is 5. The molecular weight excluding hydrogens is 707 g/mol. The SMILES string of the molecule is CCCCCCC/C=C/C=C/C=C/CCCCCC(CC(=O)NC(CO)C(O)CCCCCCCCCCCCCCC)OC(=O)CCCCCCCCCCC. The Balaban J connectivity index is 4.62. The van der Waals surface area contributed by atoms with Gasteiger partial charge in [-0.05, 0) is 51.4 Å².